The quantitative estimate of drug-likeness (QED) is 0.372. The van der Waals surface area contributed by atoms with Crippen LogP contribution in [0.1, 0.15) is 13.3 Å². The molecule has 0 aromatic rings. The lowest BCUT2D eigenvalue weighted by Crippen LogP contribution is -2.23. The van der Waals surface area contributed by atoms with Gasteiger partial charge < -0.3 is 4.74 Å². The highest BCUT2D eigenvalue weighted by Gasteiger charge is 1.96. The predicted molar refractivity (Wildman–Crippen MR) is 39.6 cm³/mol. The molecule has 0 fully saturated rings. The summed E-state index contributed by atoms with van der Waals surface area (Å²) in [4.78, 5) is 14.8. The lowest BCUT2D eigenvalue weighted by Gasteiger charge is -2.01. The molecular weight excluding hydrogens is 146 g/mol. The van der Waals surface area contributed by atoms with E-state index in [2.05, 4.69) is 21.4 Å². The van der Waals surface area contributed by atoms with E-state index < -0.39 is 6.09 Å². The minimum atomic E-state index is -0.592. The first-order chi connectivity index (χ1) is 5.31. The fourth-order valence-corrected chi connectivity index (χ4v) is 0.433. The maximum atomic E-state index is 10.5. The molecule has 0 aliphatic carbocycles. The van der Waals surface area contributed by atoms with Crippen molar-refractivity contribution in [3.05, 3.63) is 0 Å². The van der Waals surface area contributed by atoms with Crippen LogP contribution in [0.4, 0.5) is 4.79 Å². The van der Waals surface area contributed by atoms with E-state index in [4.69, 9.17) is 0 Å². The van der Waals surface area contributed by atoms with Gasteiger partial charge in [0.15, 0.2) is 0 Å². The van der Waals surface area contributed by atoms with Crippen molar-refractivity contribution in [2.75, 3.05) is 13.7 Å². The topological polar surface area (TPSA) is 47.6 Å². The van der Waals surface area contributed by atoms with Crippen molar-refractivity contribution < 1.29 is 14.4 Å². The Kier molecular flexibility index (Phi) is 6.14. The number of carbonyl (C=O) groups is 1. The molecular formula is C7H11NO3. The van der Waals surface area contributed by atoms with Crippen molar-refractivity contribution in [3.63, 3.8) is 0 Å². The Labute approximate surface area is 65.8 Å². The number of hydrogen-bond donors (Lipinski definition) is 1. The van der Waals surface area contributed by atoms with Gasteiger partial charge in [0.1, 0.15) is 6.61 Å². The molecule has 0 radical (unpaired) electrons. The summed E-state index contributed by atoms with van der Waals surface area (Å²) in [6, 6.07) is 0. The average Bonchev–Trinajstić information content (AvgIpc) is 1.99. The Hall–Kier alpha value is -1.21. The summed E-state index contributed by atoms with van der Waals surface area (Å²) in [7, 11) is 1.34. The van der Waals surface area contributed by atoms with E-state index in [0.717, 1.165) is 0 Å². The lowest BCUT2D eigenvalue weighted by atomic mass is 10.4. The molecule has 0 saturated heterocycles. The zero-order valence-corrected chi connectivity index (χ0v) is 6.64. The summed E-state index contributed by atoms with van der Waals surface area (Å²) in [5, 5.41) is 0. The summed E-state index contributed by atoms with van der Waals surface area (Å²) < 4.78 is 4.61. The minimum absolute atomic E-state index is 0.288. The van der Waals surface area contributed by atoms with Gasteiger partial charge in [-0.25, -0.2) is 4.79 Å². The Morgan fingerprint density at radius 3 is 2.91 bits per heavy atom. The molecule has 0 rings (SSSR count). The first-order valence-electron chi connectivity index (χ1n) is 3.16. The number of nitrogens with one attached hydrogen (secondary N) is 1. The van der Waals surface area contributed by atoms with Gasteiger partial charge in [0.25, 0.3) is 0 Å². The fraction of sp³-hybridized carbons (Fsp3) is 0.571. The summed E-state index contributed by atoms with van der Waals surface area (Å²) in [6.07, 6.45) is -0.0430. The Morgan fingerprint density at radius 1 is 1.64 bits per heavy atom. The molecule has 0 aromatic carbocycles. The molecule has 0 aliphatic rings. The molecule has 0 atom stereocenters. The zero-order chi connectivity index (χ0) is 8.53. The highest BCUT2D eigenvalue weighted by Crippen LogP contribution is 1.81. The van der Waals surface area contributed by atoms with Crippen molar-refractivity contribution in [2.24, 2.45) is 0 Å². The number of hydrogen-bond acceptors (Lipinski definition) is 3. The van der Waals surface area contributed by atoms with Crippen LogP contribution < -0.4 is 5.48 Å². The van der Waals surface area contributed by atoms with Gasteiger partial charge in [-0.3, -0.25) is 4.84 Å². The van der Waals surface area contributed by atoms with Gasteiger partial charge in [-0.05, 0) is 6.92 Å². The Bertz CT molecular complexity index is 168. The largest absolute Gasteiger partial charge is 0.447 e. The standard InChI is InChI=1S/C7H11NO3/c1-3-4-5-6-11-7(9)8-10-2/h5-6H2,1-2H3,(H,8,9). The molecule has 0 bridgehead atoms. The third-order valence-electron chi connectivity index (χ3n) is 0.822. The number of amides is 1. The van der Waals surface area contributed by atoms with Crippen molar-refractivity contribution in [2.45, 2.75) is 13.3 Å². The van der Waals surface area contributed by atoms with Crippen LogP contribution in [0.15, 0.2) is 0 Å². The summed E-state index contributed by atoms with van der Waals surface area (Å²) >= 11 is 0. The third-order valence-corrected chi connectivity index (χ3v) is 0.822. The molecule has 0 aromatic heterocycles. The van der Waals surface area contributed by atoms with Gasteiger partial charge in [-0.15, -0.1) is 11.8 Å². The van der Waals surface area contributed by atoms with Gasteiger partial charge in [-0.2, -0.15) is 5.48 Å². The van der Waals surface area contributed by atoms with E-state index in [1.54, 1.807) is 6.92 Å². The maximum absolute atomic E-state index is 10.5. The smallest absolute Gasteiger partial charge is 0.431 e. The van der Waals surface area contributed by atoms with Crippen LogP contribution in [-0.4, -0.2) is 19.8 Å². The van der Waals surface area contributed by atoms with Crippen LogP contribution in [0.2, 0.25) is 0 Å². The van der Waals surface area contributed by atoms with Crippen molar-refractivity contribution >= 4 is 6.09 Å². The van der Waals surface area contributed by atoms with Crippen LogP contribution in [-0.2, 0) is 9.57 Å². The SMILES string of the molecule is CC#CCCOC(=O)NOC. The lowest BCUT2D eigenvalue weighted by molar-refractivity contribution is 0.0597. The Balaban J connectivity index is 3.22. The average molecular weight is 157 g/mol. The molecule has 0 heterocycles. The van der Waals surface area contributed by atoms with Crippen LogP contribution in [0.3, 0.4) is 0 Å². The monoisotopic (exact) mass is 157 g/mol. The van der Waals surface area contributed by atoms with E-state index >= 15 is 0 Å². The highest BCUT2D eigenvalue weighted by atomic mass is 16.7. The second-order valence-electron chi connectivity index (χ2n) is 1.62. The second kappa shape index (κ2) is 6.90. The van der Waals surface area contributed by atoms with E-state index in [0.29, 0.717) is 6.42 Å². The highest BCUT2D eigenvalue weighted by molar-refractivity contribution is 5.65. The number of hydroxylamine groups is 1. The minimum Gasteiger partial charge on any atom is -0.447 e. The van der Waals surface area contributed by atoms with Gasteiger partial charge in [-0.1, -0.05) is 0 Å². The molecule has 0 saturated carbocycles. The van der Waals surface area contributed by atoms with Crippen LogP contribution in [0.5, 0.6) is 0 Å². The van der Waals surface area contributed by atoms with Crippen LogP contribution in [0, 0.1) is 11.8 Å². The van der Waals surface area contributed by atoms with E-state index in [-0.39, 0.29) is 6.61 Å². The van der Waals surface area contributed by atoms with E-state index in [1.165, 1.54) is 7.11 Å². The molecule has 4 heteroatoms. The molecule has 11 heavy (non-hydrogen) atoms. The molecule has 62 valence electrons. The van der Waals surface area contributed by atoms with Gasteiger partial charge in [0.05, 0.1) is 7.11 Å². The first kappa shape index (κ1) is 9.79. The molecule has 1 N–H and O–H groups in total. The van der Waals surface area contributed by atoms with Crippen molar-refractivity contribution in [3.8, 4) is 11.8 Å². The molecule has 4 nitrogen and oxygen atoms in total. The van der Waals surface area contributed by atoms with E-state index in [9.17, 15) is 4.79 Å². The van der Waals surface area contributed by atoms with Crippen LogP contribution in [0.25, 0.3) is 0 Å². The maximum Gasteiger partial charge on any atom is 0.431 e. The number of ether oxygens (including phenoxy) is 1. The number of carbonyl (C=O) groups excluding carboxylic acids is 1. The van der Waals surface area contributed by atoms with Gasteiger partial charge >= 0.3 is 6.09 Å². The van der Waals surface area contributed by atoms with Gasteiger partial charge in [0, 0.05) is 6.42 Å². The molecule has 0 aliphatic heterocycles. The van der Waals surface area contributed by atoms with E-state index in [1.807, 2.05) is 5.48 Å². The summed E-state index contributed by atoms with van der Waals surface area (Å²) in [6.45, 7) is 2.02. The second-order valence-corrected chi connectivity index (χ2v) is 1.62. The number of rotatable bonds is 3. The fourth-order valence-electron chi connectivity index (χ4n) is 0.433. The zero-order valence-electron chi connectivity index (χ0n) is 6.64. The normalized spacial score (nSPS) is 7.82. The molecule has 0 spiro atoms. The van der Waals surface area contributed by atoms with Crippen molar-refractivity contribution in [1.29, 1.82) is 0 Å². The Morgan fingerprint density at radius 2 is 2.36 bits per heavy atom. The first-order valence-corrected chi connectivity index (χ1v) is 3.16. The summed E-state index contributed by atoms with van der Waals surface area (Å²) in [5.41, 5.74) is 2.01. The van der Waals surface area contributed by atoms with Crippen molar-refractivity contribution in [1.82, 2.24) is 5.48 Å². The predicted octanol–water partition coefficient (Wildman–Crippen LogP) is 0.687. The summed E-state index contributed by atoms with van der Waals surface area (Å²) in [5.74, 6) is 5.43. The van der Waals surface area contributed by atoms with Crippen LogP contribution >= 0.6 is 0 Å². The molecule has 0 unspecified atom stereocenters. The third kappa shape index (κ3) is 6.68. The van der Waals surface area contributed by atoms with Gasteiger partial charge in [0.2, 0.25) is 0 Å². The molecule has 1 amide bonds.